The van der Waals surface area contributed by atoms with E-state index in [1.165, 1.54) is 10.7 Å². The van der Waals surface area contributed by atoms with E-state index in [1.54, 1.807) is 25.1 Å². The SMILES string of the molecule is Cc1cc(-c2cc(N)n(CCO)n2)ccc1F. The van der Waals surface area contributed by atoms with Crippen LogP contribution in [0.1, 0.15) is 5.56 Å². The number of nitrogens with zero attached hydrogens (tertiary/aromatic N) is 2. The number of anilines is 1. The Morgan fingerprint density at radius 1 is 1.41 bits per heavy atom. The lowest BCUT2D eigenvalue weighted by Crippen LogP contribution is -2.07. The summed E-state index contributed by atoms with van der Waals surface area (Å²) in [6, 6.07) is 6.50. The first-order chi connectivity index (χ1) is 8.11. The summed E-state index contributed by atoms with van der Waals surface area (Å²) in [5, 5.41) is 13.1. The second-order valence-electron chi connectivity index (χ2n) is 3.87. The van der Waals surface area contributed by atoms with Crippen LogP contribution < -0.4 is 5.73 Å². The highest BCUT2D eigenvalue weighted by molar-refractivity contribution is 5.63. The van der Waals surface area contributed by atoms with Crippen molar-refractivity contribution in [2.45, 2.75) is 13.5 Å². The summed E-state index contributed by atoms with van der Waals surface area (Å²) in [4.78, 5) is 0. The first kappa shape index (κ1) is 11.6. The van der Waals surface area contributed by atoms with E-state index in [0.29, 0.717) is 23.6 Å². The smallest absolute Gasteiger partial charge is 0.126 e. The Labute approximate surface area is 98.5 Å². The van der Waals surface area contributed by atoms with Gasteiger partial charge in [-0.15, -0.1) is 0 Å². The van der Waals surface area contributed by atoms with Gasteiger partial charge in [-0.2, -0.15) is 5.10 Å². The fourth-order valence-corrected chi connectivity index (χ4v) is 1.65. The molecular formula is C12H14FN3O. The van der Waals surface area contributed by atoms with Crippen molar-refractivity contribution in [2.24, 2.45) is 0 Å². The van der Waals surface area contributed by atoms with Crippen LogP contribution in [0.2, 0.25) is 0 Å². The van der Waals surface area contributed by atoms with E-state index in [-0.39, 0.29) is 12.4 Å². The molecule has 0 aliphatic carbocycles. The van der Waals surface area contributed by atoms with Crippen LogP contribution in [0.3, 0.4) is 0 Å². The van der Waals surface area contributed by atoms with Gasteiger partial charge in [0, 0.05) is 11.6 Å². The molecule has 0 aliphatic rings. The molecule has 90 valence electrons. The van der Waals surface area contributed by atoms with Crippen molar-refractivity contribution in [3.05, 3.63) is 35.6 Å². The Morgan fingerprint density at radius 3 is 2.82 bits per heavy atom. The second-order valence-corrected chi connectivity index (χ2v) is 3.87. The predicted octanol–water partition coefficient (Wildman–Crippen LogP) is 1.57. The number of nitrogens with two attached hydrogens (primary N) is 1. The highest BCUT2D eigenvalue weighted by atomic mass is 19.1. The largest absolute Gasteiger partial charge is 0.394 e. The molecule has 0 aliphatic heterocycles. The molecule has 1 aromatic carbocycles. The van der Waals surface area contributed by atoms with Crippen LogP contribution in [-0.2, 0) is 6.54 Å². The van der Waals surface area contributed by atoms with Crippen LogP contribution in [0.5, 0.6) is 0 Å². The molecule has 0 saturated carbocycles. The molecule has 0 amide bonds. The summed E-state index contributed by atoms with van der Waals surface area (Å²) in [5.41, 5.74) is 7.81. The maximum Gasteiger partial charge on any atom is 0.126 e. The lowest BCUT2D eigenvalue weighted by molar-refractivity contribution is 0.270. The average Bonchev–Trinajstić information content (AvgIpc) is 2.65. The number of aryl methyl sites for hydroxylation is 1. The minimum atomic E-state index is -0.239. The zero-order valence-corrected chi connectivity index (χ0v) is 9.52. The number of aromatic nitrogens is 2. The molecule has 2 rings (SSSR count). The monoisotopic (exact) mass is 235 g/mol. The zero-order chi connectivity index (χ0) is 12.4. The molecule has 0 spiro atoms. The second kappa shape index (κ2) is 4.55. The Balaban J connectivity index is 2.39. The first-order valence-electron chi connectivity index (χ1n) is 5.32. The molecule has 3 N–H and O–H groups in total. The number of aliphatic hydroxyl groups is 1. The maximum absolute atomic E-state index is 13.1. The molecule has 0 atom stereocenters. The molecule has 1 aromatic heterocycles. The van der Waals surface area contributed by atoms with E-state index < -0.39 is 0 Å². The Hall–Kier alpha value is -1.88. The van der Waals surface area contributed by atoms with Crippen molar-refractivity contribution in [2.75, 3.05) is 12.3 Å². The lowest BCUT2D eigenvalue weighted by atomic mass is 10.1. The standard InChI is InChI=1S/C12H14FN3O/c1-8-6-9(2-3-10(8)13)11-7-12(14)16(15-11)4-5-17/h2-3,6-7,17H,4-5,14H2,1H3. The molecule has 0 bridgehead atoms. The number of hydrogen-bond acceptors (Lipinski definition) is 3. The Morgan fingerprint density at radius 2 is 2.18 bits per heavy atom. The molecule has 1 heterocycles. The summed E-state index contributed by atoms with van der Waals surface area (Å²) in [7, 11) is 0. The molecule has 17 heavy (non-hydrogen) atoms. The average molecular weight is 235 g/mol. The molecule has 2 aromatic rings. The van der Waals surface area contributed by atoms with Crippen LogP contribution in [0.25, 0.3) is 11.3 Å². The highest BCUT2D eigenvalue weighted by Crippen LogP contribution is 2.22. The van der Waals surface area contributed by atoms with E-state index in [9.17, 15) is 4.39 Å². The van der Waals surface area contributed by atoms with Crippen LogP contribution in [-0.4, -0.2) is 21.5 Å². The minimum absolute atomic E-state index is 0.0201. The molecule has 4 nitrogen and oxygen atoms in total. The van der Waals surface area contributed by atoms with Crippen LogP contribution >= 0.6 is 0 Å². The van der Waals surface area contributed by atoms with Gasteiger partial charge in [-0.3, -0.25) is 0 Å². The van der Waals surface area contributed by atoms with Gasteiger partial charge in [0.2, 0.25) is 0 Å². The minimum Gasteiger partial charge on any atom is -0.394 e. The third-order valence-corrected chi connectivity index (χ3v) is 2.58. The van der Waals surface area contributed by atoms with Gasteiger partial charge >= 0.3 is 0 Å². The van der Waals surface area contributed by atoms with Gasteiger partial charge < -0.3 is 10.8 Å². The number of benzene rings is 1. The van der Waals surface area contributed by atoms with Crippen molar-refractivity contribution in [1.29, 1.82) is 0 Å². The third kappa shape index (κ3) is 2.29. The summed E-state index contributed by atoms with van der Waals surface area (Å²) < 4.78 is 14.7. The lowest BCUT2D eigenvalue weighted by Gasteiger charge is -2.01. The topological polar surface area (TPSA) is 64.1 Å². The fourth-order valence-electron chi connectivity index (χ4n) is 1.65. The molecule has 5 heteroatoms. The summed E-state index contributed by atoms with van der Waals surface area (Å²) in [5.74, 6) is 0.243. The molecule has 0 unspecified atom stereocenters. The van der Waals surface area contributed by atoms with Gasteiger partial charge in [0.25, 0.3) is 0 Å². The summed E-state index contributed by atoms with van der Waals surface area (Å²) in [6.07, 6.45) is 0. The summed E-state index contributed by atoms with van der Waals surface area (Å²) in [6.45, 7) is 2.03. The van der Waals surface area contributed by atoms with E-state index in [1.807, 2.05) is 0 Å². The zero-order valence-electron chi connectivity index (χ0n) is 9.52. The number of hydrogen-bond donors (Lipinski definition) is 2. The molecule has 0 saturated heterocycles. The van der Waals surface area contributed by atoms with Gasteiger partial charge in [0.15, 0.2) is 0 Å². The third-order valence-electron chi connectivity index (χ3n) is 2.58. The van der Waals surface area contributed by atoms with Crippen LogP contribution in [0, 0.1) is 12.7 Å². The predicted molar refractivity (Wildman–Crippen MR) is 63.9 cm³/mol. The van der Waals surface area contributed by atoms with Gasteiger partial charge in [-0.1, -0.05) is 0 Å². The Kier molecular flexibility index (Phi) is 3.10. The quantitative estimate of drug-likeness (QED) is 0.848. The van der Waals surface area contributed by atoms with Crippen molar-refractivity contribution in [1.82, 2.24) is 9.78 Å². The number of rotatable bonds is 3. The van der Waals surface area contributed by atoms with Crippen LogP contribution in [0.15, 0.2) is 24.3 Å². The highest BCUT2D eigenvalue weighted by Gasteiger charge is 2.08. The maximum atomic E-state index is 13.1. The number of nitrogen functional groups attached to an aromatic ring is 1. The van der Waals surface area contributed by atoms with Gasteiger partial charge in [0.1, 0.15) is 11.6 Å². The summed E-state index contributed by atoms with van der Waals surface area (Å²) >= 11 is 0. The van der Waals surface area contributed by atoms with E-state index in [4.69, 9.17) is 10.8 Å². The molecule has 0 fully saturated rings. The van der Waals surface area contributed by atoms with E-state index >= 15 is 0 Å². The van der Waals surface area contributed by atoms with Gasteiger partial charge in [-0.05, 0) is 30.7 Å². The van der Waals surface area contributed by atoms with Gasteiger partial charge in [0.05, 0.1) is 18.8 Å². The van der Waals surface area contributed by atoms with E-state index in [0.717, 1.165) is 5.56 Å². The van der Waals surface area contributed by atoms with Crippen molar-refractivity contribution >= 4 is 5.82 Å². The van der Waals surface area contributed by atoms with Crippen molar-refractivity contribution < 1.29 is 9.50 Å². The van der Waals surface area contributed by atoms with Crippen molar-refractivity contribution in [3.63, 3.8) is 0 Å². The fraction of sp³-hybridized carbons (Fsp3) is 0.250. The van der Waals surface area contributed by atoms with Crippen molar-refractivity contribution in [3.8, 4) is 11.3 Å². The normalized spacial score (nSPS) is 10.8. The number of aliphatic hydroxyl groups excluding tert-OH is 1. The van der Waals surface area contributed by atoms with E-state index in [2.05, 4.69) is 5.10 Å². The molecule has 0 radical (unpaired) electrons. The first-order valence-corrected chi connectivity index (χ1v) is 5.32. The number of halogens is 1. The van der Waals surface area contributed by atoms with Gasteiger partial charge in [-0.25, -0.2) is 9.07 Å². The Bertz CT molecular complexity index is 537. The van der Waals surface area contributed by atoms with Crippen LogP contribution in [0.4, 0.5) is 10.2 Å². The molecular weight excluding hydrogens is 221 g/mol.